The van der Waals surface area contributed by atoms with Crippen molar-refractivity contribution in [3.63, 3.8) is 0 Å². The van der Waals surface area contributed by atoms with E-state index in [0.717, 1.165) is 11.2 Å². The van der Waals surface area contributed by atoms with Crippen molar-refractivity contribution < 1.29 is 4.74 Å². The zero-order chi connectivity index (χ0) is 19.1. The summed E-state index contributed by atoms with van der Waals surface area (Å²) in [5.74, 6) is 0.881. The first kappa shape index (κ1) is 17.1. The van der Waals surface area contributed by atoms with Crippen molar-refractivity contribution in [1.82, 2.24) is 34.3 Å². The summed E-state index contributed by atoms with van der Waals surface area (Å²) >= 11 is 6.28. The SMILES string of the molecule is COc1nc2c(-n3ccnc3)c(-c3n[nH]c([C@@H](C)C#N)n3)n(C)c2cc1Cl. The third kappa shape index (κ3) is 2.62. The topological polar surface area (TPSA) is 110 Å². The van der Waals surface area contributed by atoms with Crippen LogP contribution < -0.4 is 4.74 Å². The molecule has 0 saturated heterocycles. The molecule has 0 fully saturated rings. The summed E-state index contributed by atoms with van der Waals surface area (Å²) in [6, 6.07) is 3.94. The lowest BCUT2D eigenvalue weighted by molar-refractivity contribution is 0.400. The lowest BCUT2D eigenvalue weighted by Gasteiger charge is -2.05. The highest BCUT2D eigenvalue weighted by atomic mass is 35.5. The van der Waals surface area contributed by atoms with Crippen molar-refractivity contribution in [2.45, 2.75) is 12.8 Å². The van der Waals surface area contributed by atoms with E-state index < -0.39 is 5.92 Å². The number of pyridine rings is 1. The molecule has 9 nitrogen and oxygen atoms in total. The Bertz CT molecular complexity index is 1170. The molecular weight excluding hydrogens is 368 g/mol. The van der Waals surface area contributed by atoms with Crippen LogP contribution in [0.4, 0.5) is 0 Å². The summed E-state index contributed by atoms with van der Waals surface area (Å²) < 4.78 is 9.02. The number of hydrogen-bond donors (Lipinski definition) is 1. The number of methoxy groups -OCH3 is 1. The first-order chi connectivity index (χ1) is 13.0. The van der Waals surface area contributed by atoms with Gasteiger partial charge in [0.25, 0.3) is 0 Å². The molecule has 4 rings (SSSR count). The maximum atomic E-state index is 9.14. The van der Waals surface area contributed by atoms with Crippen LogP contribution in [-0.4, -0.2) is 41.4 Å². The number of aromatic amines is 1. The van der Waals surface area contributed by atoms with Crippen LogP contribution in [0.3, 0.4) is 0 Å². The summed E-state index contributed by atoms with van der Waals surface area (Å²) in [5, 5.41) is 16.7. The van der Waals surface area contributed by atoms with Crippen LogP contribution in [-0.2, 0) is 7.05 Å². The van der Waals surface area contributed by atoms with E-state index in [-0.39, 0.29) is 0 Å². The van der Waals surface area contributed by atoms with Crippen LogP contribution in [0.25, 0.3) is 28.2 Å². The first-order valence-electron chi connectivity index (χ1n) is 8.08. The summed E-state index contributed by atoms with van der Waals surface area (Å²) in [6.45, 7) is 1.76. The number of ether oxygens (including phenoxy) is 1. The lowest BCUT2D eigenvalue weighted by atomic mass is 10.2. The number of rotatable bonds is 4. The molecule has 4 aromatic heterocycles. The molecule has 0 bridgehead atoms. The summed E-state index contributed by atoms with van der Waals surface area (Å²) in [6.07, 6.45) is 5.16. The third-order valence-electron chi connectivity index (χ3n) is 4.34. The Morgan fingerprint density at radius 2 is 2.19 bits per heavy atom. The molecule has 136 valence electrons. The summed E-state index contributed by atoms with van der Waals surface area (Å²) in [5.41, 5.74) is 2.92. The van der Waals surface area contributed by atoms with Gasteiger partial charge in [-0.3, -0.25) is 5.10 Å². The molecule has 0 amide bonds. The smallest absolute Gasteiger partial charge is 0.233 e. The molecule has 0 radical (unpaired) electrons. The number of nitrogens with one attached hydrogen (secondary N) is 1. The van der Waals surface area contributed by atoms with E-state index in [0.29, 0.717) is 33.8 Å². The minimum Gasteiger partial charge on any atom is -0.480 e. The van der Waals surface area contributed by atoms with E-state index in [1.54, 1.807) is 25.5 Å². The van der Waals surface area contributed by atoms with Gasteiger partial charge in [-0.15, -0.1) is 0 Å². The molecule has 4 heterocycles. The number of aryl methyl sites for hydroxylation is 1. The average molecular weight is 383 g/mol. The van der Waals surface area contributed by atoms with Gasteiger partial charge < -0.3 is 13.9 Å². The monoisotopic (exact) mass is 382 g/mol. The summed E-state index contributed by atoms with van der Waals surface area (Å²) in [4.78, 5) is 13.2. The highest BCUT2D eigenvalue weighted by Gasteiger charge is 2.24. The van der Waals surface area contributed by atoms with E-state index in [2.05, 4.69) is 31.2 Å². The first-order valence-corrected chi connectivity index (χ1v) is 8.46. The van der Waals surface area contributed by atoms with Crippen molar-refractivity contribution in [2.24, 2.45) is 7.05 Å². The molecule has 10 heteroatoms. The maximum absolute atomic E-state index is 9.14. The quantitative estimate of drug-likeness (QED) is 0.581. The number of fused-ring (bicyclic) bond motifs is 1. The van der Waals surface area contributed by atoms with Gasteiger partial charge in [-0.25, -0.2) is 15.0 Å². The molecular formula is C17H15ClN8O. The fourth-order valence-corrected chi connectivity index (χ4v) is 3.18. The van der Waals surface area contributed by atoms with E-state index in [1.165, 1.54) is 7.11 Å². The Morgan fingerprint density at radius 3 is 2.85 bits per heavy atom. The average Bonchev–Trinajstić information content (AvgIpc) is 3.40. The zero-order valence-electron chi connectivity index (χ0n) is 14.8. The lowest BCUT2D eigenvalue weighted by Crippen LogP contribution is -1.98. The van der Waals surface area contributed by atoms with Crippen molar-refractivity contribution in [3.05, 3.63) is 35.6 Å². The van der Waals surface area contributed by atoms with Crippen LogP contribution in [0, 0.1) is 11.3 Å². The van der Waals surface area contributed by atoms with Gasteiger partial charge in [-0.1, -0.05) is 11.6 Å². The Balaban J connectivity index is 2.05. The molecule has 1 atom stereocenters. The molecule has 0 aliphatic heterocycles. The predicted octanol–water partition coefficient (Wildman–Crippen LogP) is 2.83. The highest BCUT2D eigenvalue weighted by molar-refractivity contribution is 6.32. The fourth-order valence-electron chi connectivity index (χ4n) is 2.95. The second-order valence-corrected chi connectivity index (χ2v) is 6.38. The third-order valence-corrected chi connectivity index (χ3v) is 4.61. The van der Waals surface area contributed by atoms with Gasteiger partial charge in [0, 0.05) is 19.4 Å². The van der Waals surface area contributed by atoms with Gasteiger partial charge in [-0.2, -0.15) is 10.4 Å². The van der Waals surface area contributed by atoms with E-state index in [1.807, 2.05) is 22.4 Å². The largest absolute Gasteiger partial charge is 0.480 e. The van der Waals surface area contributed by atoms with Crippen LogP contribution in [0.5, 0.6) is 5.88 Å². The van der Waals surface area contributed by atoms with Crippen LogP contribution in [0.1, 0.15) is 18.7 Å². The number of nitriles is 1. The zero-order valence-corrected chi connectivity index (χ0v) is 15.6. The Hall–Kier alpha value is -3.38. The number of halogens is 1. The number of aromatic nitrogens is 7. The second-order valence-electron chi connectivity index (χ2n) is 5.97. The maximum Gasteiger partial charge on any atom is 0.233 e. The molecule has 27 heavy (non-hydrogen) atoms. The van der Waals surface area contributed by atoms with Gasteiger partial charge in [0.05, 0.1) is 25.0 Å². The predicted molar refractivity (Wildman–Crippen MR) is 98.8 cm³/mol. The minimum absolute atomic E-state index is 0.330. The van der Waals surface area contributed by atoms with E-state index >= 15 is 0 Å². The number of hydrogen-bond acceptors (Lipinski definition) is 6. The van der Waals surface area contributed by atoms with Gasteiger partial charge in [0.1, 0.15) is 33.7 Å². The van der Waals surface area contributed by atoms with Crippen molar-refractivity contribution in [3.8, 4) is 29.2 Å². The van der Waals surface area contributed by atoms with Gasteiger partial charge in [0.2, 0.25) is 5.88 Å². The molecule has 0 spiro atoms. The Morgan fingerprint density at radius 1 is 1.37 bits per heavy atom. The van der Waals surface area contributed by atoms with Crippen LogP contribution in [0.15, 0.2) is 24.8 Å². The van der Waals surface area contributed by atoms with Crippen LogP contribution in [0.2, 0.25) is 5.02 Å². The van der Waals surface area contributed by atoms with Crippen molar-refractivity contribution >= 4 is 22.6 Å². The number of H-pyrrole nitrogens is 1. The van der Waals surface area contributed by atoms with E-state index in [9.17, 15) is 0 Å². The van der Waals surface area contributed by atoms with Crippen molar-refractivity contribution in [1.29, 1.82) is 5.26 Å². The van der Waals surface area contributed by atoms with Gasteiger partial charge >= 0.3 is 0 Å². The second kappa shape index (κ2) is 6.41. The normalized spacial score (nSPS) is 12.3. The molecule has 0 aliphatic rings. The Labute approximate surface area is 159 Å². The molecule has 0 aliphatic carbocycles. The standard InChI is InChI=1S/C17H15ClN8O/c1-9(7-19)15-22-16(24-23-15)14-13(26-5-4-20-8-26)12-11(25(14)2)6-10(18)17(21-12)27-3/h4-6,8-9H,1-3H3,(H,22,23,24)/t9-/m0/s1. The summed E-state index contributed by atoms with van der Waals surface area (Å²) in [7, 11) is 3.40. The Kier molecular flexibility index (Phi) is 4.05. The molecule has 0 unspecified atom stereocenters. The minimum atomic E-state index is -0.398. The van der Waals surface area contributed by atoms with Crippen LogP contribution >= 0.6 is 11.6 Å². The number of nitrogens with zero attached hydrogens (tertiary/aromatic N) is 7. The molecule has 0 aromatic carbocycles. The molecule has 1 N–H and O–H groups in total. The molecule has 0 saturated carbocycles. The van der Waals surface area contributed by atoms with Gasteiger partial charge in [0.15, 0.2) is 5.82 Å². The van der Waals surface area contributed by atoms with E-state index in [4.69, 9.17) is 21.6 Å². The fraction of sp³-hybridized carbons (Fsp3) is 0.235. The highest BCUT2D eigenvalue weighted by Crippen LogP contribution is 2.37. The number of imidazole rings is 1. The van der Waals surface area contributed by atoms with Gasteiger partial charge in [-0.05, 0) is 13.0 Å². The molecule has 4 aromatic rings. The van der Waals surface area contributed by atoms with Crippen molar-refractivity contribution in [2.75, 3.05) is 7.11 Å².